The molecule has 4 heteroatoms. The summed E-state index contributed by atoms with van der Waals surface area (Å²) in [7, 11) is 0. The molecule has 0 saturated heterocycles. The maximum atomic E-state index is 4.84. The van der Waals surface area contributed by atoms with E-state index in [9.17, 15) is 0 Å². The highest BCUT2D eigenvalue weighted by Crippen LogP contribution is 2.34. The molecule has 6 rings (SSSR count). The van der Waals surface area contributed by atoms with Crippen LogP contribution in [0.3, 0.4) is 0 Å². The number of amidine groups is 2. The van der Waals surface area contributed by atoms with Crippen molar-refractivity contribution in [1.29, 1.82) is 0 Å². The molecule has 1 N–H and O–H groups in total. The number of hydrogen-bond donors (Lipinski definition) is 1. The molecule has 1 aliphatic rings. The Morgan fingerprint density at radius 2 is 1.25 bits per heavy atom. The summed E-state index contributed by atoms with van der Waals surface area (Å²) in [5.41, 5.74) is 4.36. The summed E-state index contributed by atoms with van der Waals surface area (Å²) in [6, 6.07) is 33.7. The number of rotatable bonds is 3. The number of fused-ring (bicyclic) bond motifs is 3. The minimum atomic E-state index is 0.591. The van der Waals surface area contributed by atoms with Crippen molar-refractivity contribution in [2.45, 2.75) is 0 Å². The molecular weight excluding hydrogens is 410 g/mol. The minimum absolute atomic E-state index is 0.591. The van der Waals surface area contributed by atoms with Gasteiger partial charge in [0.1, 0.15) is 11.7 Å². The summed E-state index contributed by atoms with van der Waals surface area (Å²) in [6.07, 6.45) is 0. The Labute approximate surface area is 190 Å². The van der Waals surface area contributed by atoms with Gasteiger partial charge in [-0.3, -0.25) is 0 Å². The highest BCUT2D eigenvalue weighted by atomic mass is 32.1. The van der Waals surface area contributed by atoms with Gasteiger partial charge in [0.25, 0.3) is 0 Å². The maximum Gasteiger partial charge on any atom is 0.163 e. The molecule has 0 saturated carbocycles. The number of hydrogen-bond acceptors (Lipinski definition) is 4. The number of aliphatic imine (C=N–C) groups is 2. The fourth-order valence-electron chi connectivity index (χ4n) is 4.03. The Hall–Kier alpha value is -4.02. The zero-order valence-corrected chi connectivity index (χ0v) is 18.1. The largest absolute Gasteiger partial charge is 0.325 e. The predicted molar refractivity (Wildman–Crippen MR) is 137 cm³/mol. The van der Waals surface area contributed by atoms with Gasteiger partial charge in [-0.15, -0.1) is 11.3 Å². The minimum Gasteiger partial charge on any atom is -0.325 e. The molecule has 0 fully saturated rings. The second-order valence-corrected chi connectivity index (χ2v) is 8.80. The van der Waals surface area contributed by atoms with Crippen LogP contribution < -0.4 is 5.32 Å². The fourth-order valence-corrected chi connectivity index (χ4v) is 5.18. The number of benzene rings is 4. The van der Waals surface area contributed by atoms with Crippen LogP contribution in [0.5, 0.6) is 0 Å². The summed E-state index contributed by atoms with van der Waals surface area (Å²) in [5.74, 6) is 2.03. The highest BCUT2D eigenvalue weighted by molar-refractivity contribution is 7.25. The van der Waals surface area contributed by atoms with Gasteiger partial charge < -0.3 is 5.32 Å². The average molecular weight is 430 g/mol. The van der Waals surface area contributed by atoms with Crippen LogP contribution in [0.2, 0.25) is 0 Å². The number of nitrogens with zero attached hydrogens (tertiary/aromatic N) is 2. The molecule has 0 amide bonds. The highest BCUT2D eigenvalue weighted by Gasteiger charge is 2.15. The zero-order valence-electron chi connectivity index (χ0n) is 17.2. The lowest BCUT2D eigenvalue weighted by molar-refractivity contribution is 1.06. The van der Waals surface area contributed by atoms with Crippen molar-refractivity contribution in [3.63, 3.8) is 0 Å². The molecule has 1 aliphatic heterocycles. The van der Waals surface area contributed by atoms with E-state index >= 15 is 0 Å². The van der Waals surface area contributed by atoms with Crippen LogP contribution in [0.4, 0.5) is 0 Å². The molecule has 0 spiro atoms. The van der Waals surface area contributed by atoms with Crippen LogP contribution in [-0.2, 0) is 0 Å². The summed E-state index contributed by atoms with van der Waals surface area (Å²) in [4.78, 5) is 9.42. The first-order valence-electron chi connectivity index (χ1n) is 10.5. The summed E-state index contributed by atoms with van der Waals surface area (Å²) in [5, 5.41) is 5.78. The van der Waals surface area contributed by atoms with Gasteiger partial charge >= 0.3 is 0 Å². The molecule has 152 valence electrons. The van der Waals surface area contributed by atoms with E-state index in [-0.39, 0.29) is 0 Å². The van der Waals surface area contributed by atoms with E-state index in [2.05, 4.69) is 108 Å². The van der Waals surface area contributed by atoms with Crippen molar-refractivity contribution in [3.05, 3.63) is 121 Å². The smallest absolute Gasteiger partial charge is 0.163 e. The molecule has 4 aromatic carbocycles. The third kappa shape index (κ3) is 3.31. The van der Waals surface area contributed by atoms with Crippen molar-refractivity contribution < 1.29 is 0 Å². The predicted octanol–water partition coefficient (Wildman–Crippen LogP) is 6.99. The lowest BCUT2D eigenvalue weighted by atomic mass is 10.0. The number of thiophene rings is 1. The Bertz CT molecular complexity index is 1540. The van der Waals surface area contributed by atoms with E-state index in [1.807, 2.05) is 6.07 Å². The Morgan fingerprint density at radius 1 is 0.594 bits per heavy atom. The van der Waals surface area contributed by atoms with Gasteiger partial charge in [0, 0.05) is 31.3 Å². The first kappa shape index (κ1) is 18.7. The van der Waals surface area contributed by atoms with E-state index in [1.54, 1.807) is 11.3 Å². The van der Waals surface area contributed by atoms with Crippen LogP contribution in [0.1, 0.15) is 11.1 Å². The topological polar surface area (TPSA) is 36.8 Å². The normalized spacial score (nSPS) is 13.7. The molecule has 5 aromatic rings. The van der Waals surface area contributed by atoms with Gasteiger partial charge in [-0.05, 0) is 23.3 Å². The van der Waals surface area contributed by atoms with Gasteiger partial charge in [0.2, 0.25) is 0 Å². The van der Waals surface area contributed by atoms with E-state index < -0.39 is 0 Å². The molecule has 0 aliphatic carbocycles. The number of nitrogens with one attached hydrogen (secondary N) is 1. The third-order valence-electron chi connectivity index (χ3n) is 5.62. The second-order valence-electron chi connectivity index (χ2n) is 7.72. The SMILES string of the molecule is C=C1N=C(c2ccc3c(c2)sc2ccccc23)N=C(c2ccc(-c3ccccc3)cc2)N1. The quantitative estimate of drug-likeness (QED) is 0.330. The van der Waals surface area contributed by atoms with Crippen LogP contribution >= 0.6 is 11.3 Å². The van der Waals surface area contributed by atoms with Gasteiger partial charge in [0.05, 0.1) is 0 Å². The monoisotopic (exact) mass is 429 g/mol. The molecule has 2 heterocycles. The standard InChI is InChI=1S/C28H19N3S/c1-18-29-27(21-13-11-20(12-14-21)19-7-3-2-4-8-19)31-28(30-18)22-15-16-24-23-9-5-6-10-25(23)32-26(24)17-22/h2-17H,1H2,(H,29,30,31). The lowest BCUT2D eigenvalue weighted by Crippen LogP contribution is -2.28. The summed E-state index contributed by atoms with van der Waals surface area (Å²) in [6.45, 7) is 4.05. The van der Waals surface area contributed by atoms with Crippen LogP contribution in [0.15, 0.2) is 119 Å². The first-order chi connectivity index (χ1) is 15.7. The molecule has 3 nitrogen and oxygen atoms in total. The van der Waals surface area contributed by atoms with Crippen LogP contribution in [-0.4, -0.2) is 11.7 Å². The Morgan fingerprint density at radius 3 is 2.09 bits per heavy atom. The lowest BCUT2D eigenvalue weighted by Gasteiger charge is -2.16. The molecule has 0 unspecified atom stereocenters. The molecule has 0 atom stereocenters. The molecule has 0 bridgehead atoms. The zero-order chi connectivity index (χ0) is 21.5. The van der Waals surface area contributed by atoms with Crippen LogP contribution in [0, 0.1) is 0 Å². The summed E-state index contributed by atoms with van der Waals surface area (Å²) >= 11 is 1.80. The average Bonchev–Trinajstić information content (AvgIpc) is 3.22. The van der Waals surface area contributed by atoms with Crippen molar-refractivity contribution in [2.75, 3.05) is 0 Å². The van der Waals surface area contributed by atoms with E-state index in [1.165, 1.54) is 31.3 Å². The van der Waals surface area contributed by atoms with Crippen molar-refractivity contribution in [2.24, 2.45) is 9.98 Å². The van der Waals surface area contributed by atoms with Crippen LogP contribution in [0.25, 0.3) is 31.3 Å². The van der Waals surface area contributed by atoms with Crippen molar-refractivity contribution >= 4 is 43.2 Å². The van der Waals surface area contributed by atoms with Gasteiger partial charge in [-0.25, -0.2) is 9.98 Å². The van der Waals surface area contributed by atoms with Gasteiger partial charge in [-0.1, -0.05) is 91.5 Å². The molecular formula is C28H19N3S. The van der Waals surface area contributed by atoms with Gasteiger partial charge in [0.15, 0.2) is 5.84 Å². The van der Waals surface area contributed by atoms with E-state index in [4.69, 9.17) is 4.99 Å². The Balaban J connectivity index is 1.37. The van der Waals surface area contributed by atoms with Crippen molar-refractivity contribution in [1.82, 2.24) is 5.32 Å². The van der Waals surface area contributed by atoms with Crippen molar-refractivity contribution in [3.8, 4) is 11.1 Å². The van der Waals surface area contributed by atoms with Gasteiger partial charge in [-0.2, -0.15) is 0 Å². The maximum absolute atomic E-state index is 4.84. The fraction of sp³-hybridized carbons (Fsp3) is 0. The Kier molecular flexibility index (Phi) is 4.44. The molecule has 0 radical (unpaired) electrons. The first-order valence-corrected chi connectivity index (χ1v) is 11.3. The van der Waals surface area contributed by atoms with E-state index in [0.29, 0.717) is 11.7 Å². The molecule has 1 aromatic heterocycles. The second kappa shape index (κ2) is 7.59. The summed E-state index contributed by atoms with van der Waals surface area (Å²) < 4.78 is 2.53. The molecule has 32 heavy (non-hydrogen) atoms. The third-order valence-corrected chi connectivity index (χ3v) is 6.76. The van der Waals surface area contributed by atoms with E-state index in [0.717, 1.165) is 17.0 Å².